The molecule has 5 fully saturated rings. The summed E-state index contributed by atoms with van der Waals surface area (Å²) in [5.74, 6) is 1.55. The maximum Gasteiger partial charge on any atom is 0.328 e. The number of methoxy groups -OCH3 is 1. The number of likely N-dealkylation sites (tertiary alicyclic amines) is 4. The Bertz CT molecular complexity index is 7720. The number of ether oxygens (including phenoxy) is 1. The van der Waals surface area contributed by atoms with E-state index in [9.17, 15) is 57.6 Å². The van der Waals surface area contributed by atoms with Gasteiger partial charge in [0.2, 0.25) is 30.1 Å². The zero-order chi connectivity index (χ0) is 108. The van der Waals surface area contributed by atoms with Crippen molar-refractivity contribution < 1.29 is 62.4 Å². The minimum absolute atomic E-state index is 0.0109. The summed E-state index contributed by atoms with van der Waals surface area (Å²) in [4.78, 5) is 95.7. The number of hydrogen-bond donors (Lipinski definition) is 9. The van der Waals surface area contributed by atoms with Gasteiger partial charge in [0.1, 0.15) is 29.3 Å². The fourth-order valence-electron chi connectivity index (χ4n) is 19.5. The van der Waals surface area contributed by atoms with Crippen LogP contribution < -0.4 is 52.2 Å². The van der Waals surface area contributed by atoms with Crippen LogP contribution in [0.4, 0.5) is 40.3 Å². The van der Waals surface area contributed by atoms with Gasteiger partial charge in [-0.25, -0.2) is 76.5 Å². The number of piperidine rings is 4. The van der Waals surface area contributed by atoms with Crippen LogP contribution in [0.3, 0.4) is 0 Å². The van der Waals surface area contributed by atoms with E-state index in [1.165, 1.54) is 43.5 Å². The predicted molar refractivity (Wildman–Crippen MR) is 584 cm³/mol. The Kier molecular flexibility index (Phi) is 35.3. The highest BCUT2D eigenvalue weighted by Crippen LogP contribution is 2.42. The van der Waals surface area contributed by atoms with E-state index >= 15 is 0 Å². The highest BCUT2D eigenvalue weighted by molar-refractivity contribution is 7.92. The molecule has 40 nitrogen and oxygen atoms in total. The van der Waals surface area contributed by atoms with Crippen molar-refractivity contribution >= 4 is 179 Å². The Morgan fingerprint density at radius 2 is 0.800 bits per heavy atom. The third kappa shape index (κ3) is 27.5. The molecule has 0 aliphatic carbocycles. The molecule has 9 atom stereocenters. The number of esters is 1. The number of benzene rings is 5. The molecule has 800 valence electrons. The van der Waals surface area contributed by atoms with Crippen LogP contribution >= 0.6 is 46.4 Å². The number of carbonyl (C=O) groups excluding carboxylic acids is 5. The molecule has 4 amide bonds. The molecule has 48 heteroatoms. The molecular weight excluding hydrogens is 2080 g/mol. The van der Waals surface area contributed by atoms with Crippen LogP contribution in [0.1, 0.15) is 232 Å². The summed E-state index contributed by atoms with van der Waals surface area (Å²) in [6.07, 6.45) is 22.6. The van der Waals surface area contributed by atoms with Crippen molar-refractivity contribution in [3.8, 4) is 0 Å². The molecule has 13 heterocycles. The summed E-state index contributed by atoms with van der Waals surface area (Å²) >= 11 is 24.8. The van der Waals surface area contributed by atoms with Crippen LogP contribution in [0.25, 0.3) is 22.6 Å². The number of rotatable bonds is 28. The standard InChI is InChI=1S/C28H32ClN7O3S.C28H34ClN5O5S.2C23H30ClN7O3S/c1-18-17-36-26(32-27(18)31-24(16-30)19-8-4-3-5-9-19)15-23(33-36)25-10-6-7-13-35(25)28(37)21-14-20(29)11-12-22(21)34-40(2,38)39;1-17-11-24(28(36)39-3)33(14-17)26-18(2)15-34-25(30-26)13-22(31-34)23-7-5-6-10-32(23)27(35)21-12-20(29)9-8-19(21)16-40(4,37)38;1-14-13-31-21(27-22(14)26-12-15(2)25)11-19(28-31)20-6-4-5-9-30(20)23(32)17-10-16(24)7-8-18(17)29-35(3,33)34;1-14-13-31-21(27-22(14)26-15(2)12-25)11-19(28-31)20-6-4-5-9-30(20)23(32)17-10-16(24)7-8-18(17)29-35(3,33)34/h3-5,8-9,11-12,14-15,17,24-25,34H,6-7,10,13,16,30H2,1-2H3,(H,31,32);8-9,12-13,15,17,23-24H,5-7,10-11,14,16H2,1-4H3;2*7-8,10-11,13,15,20,29H,4-6,9,12,25H2,1-3H3,(H,26,27)/t24?,25-;17-,23?,24+;;15?,20-/m00.0/s1. The van der Waals surface area contributed by atoms with Gasteiger partial charge >= 0.3 is 5.97 Å². The summed E-state index contributed by atoms with van der Waals surface area (Å²) < 4.78 is 115. The van der Waals surface area contributed by atoms with Crippen molar-refractivity contribution in [2.24, 2.45) is 23.1 Å². The molecule has 8 aromatic heterocycles. The number of hydrogen-bond acceptors (Lipinski definition) is 29. The number of nitrogens with zero attached hydrogens (tertiary/aromatic N) is 17. The van der Waals surface area contributed by atoms with E-state index in [1.54, 1.807) is 74.1 Å². The Labute approximate surface area is 892 Å². The monoisotopic (exact) mass is 2210 g/mol. The van der Waals surface area contributed by atoms with Crippen LogP contribution in [-0.2, 0) is 55.2 Å². The van der Waals surface area contributed by atoms with Crippen molar-refractivity contribution in [2.45, 2.75) is 186 Å². The Morgan fingerprint density at radius 3 is 1.17 bits per heavy atom. The maximum absolute atomic E-state index is 13.9. The number of anilines is 7. The van der Waals surface area contributed by atoms with E-state index in [4.69, 9.17) is 109 Å². The number of fused-ring (bicyclic) bond motifs is 4. The second-order valence-electron chi connectivity index (χ2n) is 39.2. The summed E-state index contributed by atoms with van der Waals surface area (Å²) in [6.45, 7) is 18.1. The normalized spacial score (nSPS) is 18.3. The lowest BCUT2D eigenvalue weighted by molar-refractivity contribution is -0.142. The Morgan fingerprint density at radius 1 is 0.447 bits per heavy atom. The van der Waals surface area contributed by atoms with E-state index in [1.807, 2.05) is 126 Å². The van der Waals surface area contributed by atoms with Crippen LogP contribution in [0.5, 0.6) is 0 Å². The lowest BCUT2D eigenvalue weighted by atomic mass is 9.97. The first kappa shape index (κ1) is 111. The molecule has 0 saturated carbocycles. The number of halogens is 4. The lowest BCUT2D eigenvalue weighted by Gasteiger charge is -2.35. The number of sulfone groups is 1. The average Bonchev–Trinajstić information content (AvgIpc) is 1.58. The number of sulfonamides is 3. The van der Waals surface area contributed by atoms with Gasteiger partial charge in [0.25, 0.3) is 23.6 Å². The lowest BCUT2D eigenvalue weighted by Crippen LogP contribution is -2.39. The quantitative estimate of drug-likeness (QED) is 0.0206. The van der Waals surface area contributed by atoms with Gasteiger partial charge in [0, 0.05) is 168 Å². The zero-order valence-electron chi connectivity index (χ0n) is 85.4. The van der Waals surface area contributed by atoms with Crippen molar-refractivity contribution in [2.75, 3.05) is 120 Å². The van der Waals surface area contributed by atoms with Gasteiger partial charge in [0.05, 0.1) is 118 Å². The molecule has 13 aromatic rings. The number of amides is 4. The molecule has 5 aliphatic rings. The van der Waals surface area contributed by atoms with Crippen LogP contribution in [0, 0.1) is 33.6 Å². The first-order valence-electron chi connectivity index (χ1n) is 49.5. The number of aromatic nitrogens is 12. The molecule has 5 saturated heterocycles. The minimum atomic E-state index is -3.60. The molecule has 5 aliphatic heterocycles. The Balaban J connectivity index is 0.000000150. The van der Waals surface area contributed by atoms with Gasteiger partial charge in [-0.3, -0.25) is 33.3 Å². The molecule has 12 N–H and O–H groups in total. The van der Waals surface area contributed by atoms with Gasteiger partial charge in [0.15, 0.2) is 32.4 Å². The third-order valence-corrected chi connectivity index (χ3v) is 30.1. The highest BCUT2D eigenvalue weighted by atomic mass is 35.5. The van der Waals surface area contributed by atoms with Gasteiger partial charge in [-0.1, -0.05) is 89.7 Å². The van der Waals surface area contributed by atoms with E-state index in [2.05, 4.69) is 37.0 Å². The van der Waals surface area contributed by atoms with E-state index in [0.717, 1.165) is 164 Å². The van der Waals surface area contributed by atoms with Crippen LogP contribution in [0.2, 0.25) is 20.1 Å². The molecule has 0 radical (unpaired) electrons. The molecule has 0 spiro atoms. The topological polar surface area (TPSA) is 518 Å². The van der Waals surface area contributed by atoms with Crippen molar-refractivity contribution in [3.63, 3.8) is 0 Å². The Hall–Kier alpha value is -12.6. The predicted octanol–water partition coefficient (Wildman–Crippen LogP) is 14.9. The average molecular weight is 2210 g/mol. The van der Waals surface area contributed by atoms with Crippen molar-refractivity contribution in [1.29, 1.82) is 0 Å². The maximum atomic E-state index is 13.9. The zero-order valence-corrected chi connectivity index (χ0v) is 91.7. The number of aryl methyl sites for hydroxylation is 4. The second-order valence-corrected chi connectivity index (χ2v) is 48.3. The SMILES string of the molecule is COC(=O)[C@H]1C[C@H](C)CN1c1nc2cc(C3CCCCN3C(=O)c3cc(Cl)ccc3CS(C)(=O)=O)nn2cc1C.Cc1cn2nc(C3CCCCN3C(=O)c3cc(Cl)ccc3NS(C)(=O)=O)cc2nc1NCC(C)N.Cc1cn2nc([C@@H]3CCCCN3C(=O)c3cc(Cl)ccc3NS(C)(=O)=O)cc2nc1NC(C)CN.Cc1cn2nc([C@@H]3CCCCN3C(=O)c3cc(Cl)ccc3NS(C)(=O)=O)cc2nc1NC(CN)c1ccccc1. The third-order valence-electron chi connectivity index (χ3n) is 26.6. The van der Waals surface area contributed by atoms with Crippen molar-refractivity contribution in [3.05, 3.63) is 251 Å². The molecule has 0 bridgehead atoms. The number of nitrogens with two attached hydrogens (primary N) is 3. The molecular formula is C102H126Cl4N26O14S4. The first-order valence-corrected chi connectivity index (χ1v) is 58.7. The second kappa shape index (κ2) is 47.5. The highest BCUT2D eigenvalue weighted by Gasteiger charge is 2.41. The first-order chi connectivity index (χ1) is 71.1. The fourth-order valence-corrected chi connectivity index (χ4v) is 22.7. The summed E-state index contributed by atoms with van der Waals surface area (Å²) in [6, 6.07) is 34.4. The summed E-state index contributed by atoms with van der Waals surface area (Å²) in [5, 5.41) is 30.5. The van der Waals surface area contributed by atoms with Gasteiger partial charge in [-0.2, -0.15) is 20.4 Å². The van der Waals surface area contributed by atoms with Crippen LogP contribution in [-0.4, -0.2) is 244 Å². The number of nitrogens with one attached hydrogen (secondary N) is 6. The molecule has 150 heavy (non-hydrogen) atoms. The van der Waals surface area contributed by atoms with Gasteiger partial charge < -0.3 is 62.4 Å². The summed E-state index contributed by atoms with van der Waals surface area (Å²) in [7, 11) is -12.7. The van der Waals surface area contributed by atoms with Gasteiger partial charge in [-0.15, -0.1) is 0 Å². The summed E-state index contributed by atoms with van der Waals surface area (Å²) in [5.41, 5.74) is 29.8. The minimum Gasteiger partial charge on any atom is -0.467 e. The van der Waals surface area contributed by atoms with E-state index < -0.39 is 39.9 Å². The van der Waals surface area contributed by atoms with E-state index in [-0.39, 0.29) is 117 Å². The van der Waals surface area contributed by atoms with Gasteiger partial charge in [-0.05, 0) is 209 Å². The molecule has 5 aromatic carbocycles. The molecule has 5 unspecified atom stereocenters. The fraction of sp³-hybridized carbons (Fsp3) is 0.422. The largest absolute Gasteiger partial charge is 0.467 e. The van der Waals surface area contributed by atoms with E-state index in [0.29, 0.717) is 130 Å². The van der Waals surface area contributed by atoms with Crippen molar-refractivity contribution in [1.82, 2.24) is 78.0 Å². The van der Waals surface area contributed by atoms with Crippen LogP contribution in [0.15, 0.2) is 152 Å². The number of carbonyl (C=O) groups is 5. The smallest absolute Gasteiger partial charge is 0.328 e. The molecule has 18 rings (SSSR count).